The van der Waals surface area contributed by atoms with Gasteiger partial charge < -0.3 is 24.8 Å². The van der Waals surface area contributed by atoms with E-state index in [4.69, 9.17) is 0 Å². The molecule has 1 aliphatic carbocycles. The maximum Gasteiger partial charge on any atom is -1.00 e. The fourth-order valence-electron chi connectivity index (χ4n) is 1.09. The number of halogens is 2. The van der Waals surface area contributed by atoms with E-state index < -0.39 is 0 Å². The van der Waals surface area contributed by atoms with Gasteiger partial charge in [-0.15, -0.1) is 0 Å². The summed E-state index contributed by atoms with van der Waals surface area (Å²) in [5.41, 5.74) is 0. The molecule has 1 aliphatic rings. The first-order valence-corrected chi connectivity index (χ1v) is 5.18. The molecule has 11 heavy (non-hydrogen) atoms. The molecule has 0 saturated heterocycles. The third-order valence-electron chi connectivity index (χ3n) is 1.56. The Morgan fingerprint density at radius 1 is 1.18 bits per heavy atom. The quantitative estimate of drug-likeness (QED) is 0.453. The van der Waals surface area contributed by atoms with E-state index >= 15 is 0 Å². The van der Waals surface area contributed by atoms with Gasteiger partial charge in [-0.3, -0.25) is 0 Å². The Bertz CT molecular complexity index is 140. The van der Waals surface area contributed by atoms with Crippen LogP contribution < -0.4 is 24.8 Å². The molecule has 0 N–H and O–H groups in total. The molecule has 0 spiro atoms. The van der Waals surface area contributed by atoms with E-state index in [1.165, 1.54) is 37.2 Å². The van der Waals surface area contributed by atoms with Crippen molar-refractivity contribution in [3.05, 3.63) is 24.3 Å². The molecule has 1 rings (SSSR count). The van der Waals surface area contributed by atoms with Gasteiger partial charge in [-0.05, 0) is 0 Å². The molecule has 0 nitrogen and oxygen atoms in total. The summed E-state index contributed by atoms with van der Waals surface area (Å²) < 4.78 is 0.523. The first kappa shape index (κ1) is 14.5. The van der Waals surface area contributed by atoms with E-state index in [1.54, 1.807) is 0 Å². The van der Waals surface area contributed by atoms with E-state index in [0.29, 0.717) is 3.17 Å². The Kier molecular flexibility index (Phi) is 8.47. The van der Waals surface area contributed by atoms with Gasteiger partial charge in [0.15, 0.2) is 0 Å². The summed E-state index contributed by atoms with van der Waals surface area (Å²) >= 11 is 1.27. The molecular formula is C8H11Cl2Hf+. The Morgan fingerprint density at radius 3 is 2.00 bits per heavy atom. The van der Waals surface area contributed by atoms with Crippen LogP contribution in [0.25, 0.3) is 0 Å². The monoisotopic (exact) mass is 357 g/mol. The van der Waals surface area contributed by atoms with Crippen LogP contribution in [0.2, 0.25) is 3.17 Å². The second-order valence-corrected chi connectivity index (χ2v) is 5.85. The predicted octanol–water partition coefficient (Wildman–Crippen LogP) is -3.37. The molecule has 0 atom stereocenters. The zero-order valence-corrected chi connectivity index (χ0v) is 11.6. The van der Waals surface area contributed by atoms with Crippen LogP contribution in [0.5, 0.6) is 0 Å². The van der Waals surface area contributed by atoms with E-state index in [2.05, 4.69) is 31.2 Å². The van der Waals surface area contributed by atoms with Crippen LogP contribution in [0.3, 0.4) is 0 Å². The SMILES string of the molecule is CCC[C]1([Hf+3])C=CC=C1.[Cl-].[Cl-]. The average Bonchev–Trinajstić information content (AvgIpc) is 2.16. The maximum atomic E-state index is 2.34. The Balaban J connectivity index is 0. The molecule has 0 unspecified atom stereocenters. The van der Waals surface area contributed by atoms with Crippen LogP contribution in [-0.4, -0.2) is 0 Å². The largest absolute Gasteiger partial charge is 1.00 e. The molecule has 0 aromatic carbocycles. The zero-order valence-electron chi connectivity index (χ0n) is 6.48. The molecule has 0 saturated carbocycles. The predicted molar refractivity (Wildman–Crippen MR) is 35.9 cm³/mol. The molecule has 0 heterocycles. The molecule has 0 radical (unpaired) electrons. The van der Waals surface area contributed by atoms with Crippen molar-refractivity contribution in [3.63, 3.8) is 0 Å². The second kappa shape index (κ2) is 6.45. The molecule has 0 aromatic heterocycles. The molecule has 3 heteroatoms. The molecule has 0 aromatic rings. The summed E-state index contributed by atoms with van der Waals surface area (Å²) in [6.45, 7) is 2.25. The summed E-state index contributed by atoms with van der Waals surface area (Å²) in [5.74, 6) is 0. The van der Waals surface area contributed by atoms with Gasteiger partial charge in [-0.2, -0.15) is 0 Å². The average molecular weight is 357 g/mol. The van der Waals surface area contributed by atoms with Crippen LogP contribution in [0.1, 0.15) is 19.8 Å². The van der Waals surface area contributed by atoms with Gasteiger partial charge in [0.25, 0.3) is 0 Å². The van der Waals surface area contributed by atoms with Gasteiger partial charge in [-0.25, -0.2) is 0 Å². The first-order chi connectivity index (χ1) is 4.27. The van der Waals surface area contributed by atoms with Crippen LogP contribution >= 0.6 is 0 Å². The number of rotatable bonds is 2. The van der Waals surface area contributed by atoms with E-state index in [1.807, 2.05) is 0 Å². The smallest absolute Gasteiger partial charge is 1.00 e. The van der Waals surface area contributed by atoms with Crippen LogP contribution in [0.4, 0.5) is 0 Å². The fraction of sp³-hybridized carbons (Fsp3) is 0.500. The van der Waals surface area contributed by atoms with Gasteiger partial charge >= 0.3 is 71.6 Å². The zero-order chi connectivity index (χ0) is 6.74. The summed E-state index contributed by atoms with van der Waals surface area (Å²) in [7, 11) is 0. The first-order valence-electron chi connectivity index (χ1n) is 3.39. The van der Waals surface area contributed by atoms with Crippen LogP contribution in [0, 0.1) is 0 Å². The van der Waals surface area contributed by atoms with Crippen molar-refractivity contribution >= 4 is 0 Å². The summed E-state index contributed by atoms with van der Waals surface area (Å²) in [6.07, 6.45) is 11.7. The van der Waals surface area contributed by atoms with Crippen molar-refractivity contribution < 1.29 is 49.2 Å². The van der Waals surface area contributed by atoms with Crippen molar-refractivity contribution in [2.45, 2.75) is 22.9 Å². The van der Waals surface area contributed by atoms with Gasteiger partial charge in [0, 0.05) is 0 Å². The van der Waals surface area contributed by atoms with Gasteiger partial charge in [-0.1, -0.05) is 0 Å². The number of allylic oxidation sites excluding steroid dienone is 4. The van der Waals surface area contributed by atoms with Crippen molar-refractivity contribution in [2.24, 2.45) is 0 Å². The van der Waals surface area contributed by atoms with Crippen LogP contribution in [0.15, 0.2) is 24.3 Å². The molecule has 0 amide bonds. The van der Waals surface area contributed by atoms with Crippen LogP contribution in [-0.2, 0) is 24.4 Å². The minimum Gasteiger partial charge on any atom is -1.00 e. The van der Waals surface area contributed by atoms with E-state index in [9.17, 15) is 0 Å². The summed E-state index contributed by atoms with van der Waals surface area (Å²) in [4.78, 5) is 0. The normalized spacial score (nSPS) is 17.4. The molecule has 60 valence electrons. The molecule has 0 fully saturated rings. The molecule has 0 bridgehead atoms. The van der Waals surface area contributed by atoms with Gasteiger partial charge in [0.2, 0.25) is 0 Å². The Labute approximate surface area is 95.9 Å². The van der Waals surface area contributed by atoms with Crippen molar-refractivity contribution in [3.8, 4) is 0 Å². The number of hydrogen-bond acceptors (Lipinski definition) is 0. The summed E-state index contributed by atoms with van der Waals surface area (Å²) in [5, 5.41) is 0. The topological polar surface area (TPSA) is 0 Å². The van der Waals surface area contributed by atoms with Crippen molar-refractivity contribution in [1.29, 1.82) is 0 Å². The Hall–Kier alpha value is 0.930. The second-order valence-electron chi connectivity index (χ2n) is 2.51. The van der Waals surface area contributed by atoms with Gasteiger partial charge in [0.1, 0.15) is 0 Å². The standard InChI is InChI=1S/C8H11.2ClH.Hf/c1-2-5-8-6-3-4-7-8;;;/h3-4,6-7H,2,5H2,1H3;2*1H;/q;;;+3/p-2. The molecule has 0 aliphatic heterocycles. The third-order valence-corrected chi connectivity index (χ3v) is 3.66. The van der Waals surface area contributed by atoms with Crippen molar-refractivity contribution in [1.82, 2.24) is 0 Å². The molecular weight excluding hydrogens is 345 g/mol. The van der Waals surface area contributed by atoms with Crippen molar-refractivity contribution in [2.75, 3.05) is 0 Å². The third kappa shape index (κ3) is 4.49. The van der Waals surface area contributed by atoms with E-state index in [-0.39, 0.29) is 24.8 Å². The van der Waals surface area contributed by atoms with E-state index in [0.717, 1.165) is 0 Å². The summed E-state index contributed by atoms with van der Waals surface area (Å²) in [6, 6.07) is 0. The minimum absolute atomic E-state index is 0. The number of hydrogen-bond donors (Lipinski definition) is 0. The fourth-order valence-corrected chi connectivity index (χ4v) is 2.68. The minimum atomic E-state index is 0. The maximum absolute atomic E-state index is 2.34. The van der Waals surface area contributed by atoms with Gasteiger partial charge in [0.05, 0.1) is 0 Å². The Morgan fingerprint density at radius 2 is 1.64 bits per heavy atom.